The van der Waals surface area contributed by atoms with Crippen LogP contribution in [-0.2, 0) is 27.9 Å². The van der Waals surface area contributed by atoms with E-state index in [0.29, 0.717) is 23.9 Å². The summed E-state index contributed by atoms with van der Waals surface area (Å²) >= 11 is 0. The Bertz CT molecular complexity index is 1560. The Morgan fingerprint density at radius 2 is 0.889 bits per heavy atom. The normalized spacial score (nSPS) is 14.5. The summed E-state index contributed by atoms with van der Waals surface area (Å²) in [4.78, 5) is 39.8. The summed E-state index contributed by atoms with van der Waals surface area (Å²) < 4.78 is 30.2. The van der Waals surface area contributed by atoms with Crippen molar-refractivity contribution < 1.29 is 37.3 Å². The molecule has 3 atom stereocenters. The maximum Gasteiger partial charge on any atom is 0.306 e. The molecule has 0 aromatic rings. The smallest absolute Gasteiger partial charge is 0.306 e. The third-order valence-corrected chi connectivity index (χ3v) is 13.2. The number of carbonyl (C=O) groups is 2. The Kier molecular flexibility index (Phi) is 49.2. The summed E-state index contributed by atoms with van der Waals surface area (Å²) in [6.45, 7) is 6.66. The van der Waals surface area contributed by atoms with Gasteiger partial charge in [0, 0.05) is 12.8 Å². The lowest BCUT2D eigenvalue weighted by molar-refractivity contribution is -0.870. The van der Waals surface area contributed by atoms with Gasteiger partial charge in [-0.2, -0.15) is 0 Å². The summed E-state index contributed by atoms with van der Waals surface area (Å²) in [6, 6.07) is -0.918. The van der Waals surface area contributed by atoms with E-state index in [4.69, 9.17) is 13.8 Å². The van der Waals surface area contributed by atoms with Crippen molar-refractivity contribution in [1.29, 1.82) is 0 Å². The van der Waals surface area contributed by atoms with Crippen LogP contribution in [0.15, 0.2) is 97.2 Å². The Labute approximate surface area is 443 Å². The first kappa shape index (κ1) is 68.9. The molecule has 0 spiro atoms. The van der Waals surface area contributed by atoms with Crippen molar-refractivity contribution in [1.82, 2.24) is 5.32 Å². The number of ether oxygens (including phenoxy) is 1. The Hall–Kier alpha value is -3.07. The van der Waals surface area contributed by atoms with Crippen LogP contribution >= 0.6 is 7.82 Å². The highest BCUT2D eigenvalue weighted by molar-refractivity contribution is 7.45. The van der Waals surface area contributed by atoms with Crippen LogP contribution in [0.4, 0.5) is 0 Å². The fourth-order valence-corrected chi connectivity index (χ4v) is 8.48. The van der Waals surface area contributed by atoms with E-state index in [1.54, 1.807) is 6.08 Å². The number of rotatable bonds is 51. The van der Waals surface area contributed by atoms with Crippen LogP contribution in [0.3, 0.4) is 0 Å². The minimum absolute atomic E-state index is 0.0365. The predicted octanol–water partition coefficient (Wildman–Crippen LogP) is 17.0. The number of phosphoric acid groups is 1. The molecule has 414 valence electrons. The maximum absolute atomic E-state index is 13.5. The van der Waals surface area contributed by atoms with Gasteiger partial charge in [0.2, 0.25) is 5.91 Å². The van der Waals surface area contributed by atoms with E-state index in [-0.39, 0.29) is 31.3 Å². The Morgan fingerprint density at radius 3 is 1.36 bits per heavy atom. The molecule has 0 aliphatic heterocycles. The van der Waals surface area contributed by atoms with Crippen molar-refractivity contribution in [3.63, 3.8) is 0 Å². The highest BCUT2D eigenvalue weighted by Crippen LogP contribution is 2.38. The lowest BCUT2D eigenvalue weighted by Crippen LogP contribution is -2.47. The van der Waals surface area contributed by atoms with Gasteiger partial charge >= 0.3 is 5.97 Å². The zero-order chi connectivity index (χ0) is 52.9. The Morgan fingerprint density at radius 1 is 0.500 bits per heavy atom. The molecule has 3 unspecified atom stereocenters. The van der Waals surface area contributed by atoms with E-state index >= 15 is 0 Å². The molecule has 0 bridgehead atoms. The number of carbonyl (C=O) groups excluding carboxylic acids is 2. The van der Waals surface area contributed by atoms with Gasteiger partial charge in [-0.15, -0.1) is 0 Å². The van der Waals surface area contributed by atoms with Crippen LogP contribution in [0.2, 0.25) is 0 Å². The average Bonchev–Trinajstić information content (AvgIpc) is 3.34. The number of nitrogens with zero attached hydrogens (tertiary/aromatic N) is 1. The monoisotopic (exact) mass is 1020 g/mol. The minimum Gasteiger partial charge on any atom is -0.756 e. The van der Waals surface area contributed by atoms with Crippen LogP contribution in [0.25, 0.3) is 0 Å². The molecule has 0 aliphatic rings. The molecule has 0 rings (SSSR count). The third kappa shape index (κ3) is 51.8. The number of phosphoric ester groups is 1. The lowest BCUT2D eigenvalue weighted by Gasteiger charge is -2.30. The topological polar surface area (TPSA) is 114 Å². The van der Waals surface area contributed by atoms with E-state index in [0.717, 1.165) is 96.3 Å². The van der Waals surface area contributed by atoms with E-state index in [1.165, 1.54) is 89.9 Å². The highest BCUT2D eigenvalue weighted by atomic mass is 31.2. The number of likely N-dealkylation sites (N-methyl/N-ethyl adjacent to an activating group) is 1. The molecule has 0 aliphatic carbocycles. The second-order valence-electron chi connectivity index (χ2n) is 20.4. The number of esters is 1. The van der Waals surface area contributed by atoms with Gasteiger partial charge in [0.1, 0.15) is 19.3 Å². The molecule has 0 aromatic heterocycles. The second kappa shape index (κ2) is 51.4. The van der Waals surface area contributed by atoms with Gasteiger partial charge in [0.05, 0.1) is 33.8 Å². The van der Waals surface area contributed by atoms with Gasteiger partial charge < -0.3 is 28.5 Å². The number of hydrogen-bond donors (Lipinski definition) is 1. The minimum atomic E-state index is -4.71. The van der Waals surface area contributed by atoms with Gasteiger partial charge in [-0.1, -0.05) is 208 Å². The molecule has 1 N–H and O–H groups in total. The van der Waals surface area contributed by atoms with Crippen molar-refractivity contribution in [3.8, 4) is 0 Å². The third-order valence-electron chi connectivity index (χ3n) is 12.2. The van der Waals surface area contributed by atoms with Gasteiger partial charge in [-0.05, 0) is 109 Å². The zero-order valence-corrected chi connectivity index (χ0v) is 48.0. The molecule has 0 fully saturated rings. The number of hydrogen-bond acceptors (Lipinski definition) is 7. The molecule has 0 saturated heterocycles. The van der Waals surface area contributed by atoms with Crippen molar-refractivity contribution >= 4 is 19.7 Å². The van der Waals surface area contributed by atoms with Gasteiger partial charge in [-0.25, -0.2) is 0 Å². The maximum atomic E-state index is 13.5. The van der Waals surface area contributed by atoms with Crippen LogP contribution in [0, 0.1) is 0 Å². The molecule has 72 heavy (non-hydrogen) atoms. The summed E-state index contributed by atoms with van der Waals surface area (Å²) in [5, 5.41) is 2.99. The molecular weight excluding hydrogens is 916 g/mol. The number of amides is 1. The quantitative estimate of drug-likeness (QED) is 0.0212. The number of nitrogens with one attached hydrogen (secondary N) is 1. The zero-order valence-electron chi connectivity index (χ0n) is 47.1. The van der Waals surface area contributed by atoms with Crippen LogP contribution in [-0.4, -0.2) is 69.4 Å². The molecule has 9 nitrogen and oxygen atoms in total. The number of allylic oxidation sites excluding steroid dienone is 15. The summed E-state index contributed by atoms with van der Waals surface area (Å²) in [6.07, 6.45) is 68.1. The number of quaternary nitrogens is 1. The molecule has 0 saturated carbocycles. The summed E-state index contributed by atoms with van der Waals surface area (Å²) in [5.74, 6) is -0.617. The largest absolute Gasteiger partial charge is 0.756 e. The van der Waals surface area contributed by atoms with E-state index in [9.17, 15) is 19.0 Å². The van der Waals surface area contributed by atoms with Crippen LogP contribution in [0.5, 0.6) is 0 Å². The van der Waals surface area contributed by atoms with E-state index < -0.39 is 26.6 Å². The molecule has 0 heterocycles. The molecule has 0 aromatic carbocycles. The lowest BCUT2D eigenvalue weighted by atomic mass is 10.1. The first-order valence-electron chi connectivity index (χ1n) is 29.0. The SMILES string of the molecule is CC/C=C\C/C=C\C/C=C\C/C=C\C/C=C\C/C=C\CCCCC(=O)OC(/C=C\CCCCCCCCCCC)C(COP(=O)([O-])OCC[N+](C)(C)C)NC(=O)CCCCC/C=C\CCCCCCCCC. The first-order valence-corrected chi connectivity index (χ1v) is 30.5. The van der Waals surface area contributed by atoms with Crippen molar-refractivity contribution in [2.24, 2.45) is 0 Å². The summed E-state index contributed by atoms with van der Waals surface area (Å²) in [5.41, 5.74) is 0. The number of unbranched alkanes of at least 4 members (excludes halogenated alkanes) is 21. The second-order valence-corrected chi connectivity index (χ2v) is 21.8. The Balaban J connectivity index is 5.39. The van der Waals surface area contributed by atoms with Crippen molar-refractivity contribution in [2.45, 2.75) is 245 Å². The van der Waals surface area contributed by atoms with E-state index in [2.05, 4.69) is 111 Å². The fraction of sp³-hybridized carbons (Fsp3) is 0.710. The average molecular weight is 1030 g/mol. The first-order chi connectivity index (χ1) is 34.9. The molecular formula is C62H109N2O7P. The standard InChI is InChI=1S/C62H109N2O7P/c1-7-10-13-16-19-22-25-27-29-30-31-32-33-34-35-37-40-43-46-49-52-55-62(66)71-60(53-50-47-44-41-38-24-21-18-15-12-9-3)59(58-70-72(67,68)69-57-56-64(4,5)6)63-61(65)54-51-48-45-42-39-36-28-26-23-20-17-14-11-8-2/h10,13,19,22,27,29,31-32,34-36,39-40,43,50,53,59-60H,7-9,11-12,14-18,20-21,23-26,28,30,33,37-38,41-42,44-49,51-52,54-58H2,1-6H3,(H-,63,65,67,68)/b13-10-,22-19-,29-27-,32-31-,35-34-,39-36-,43-40-,53-50-. The van der Waals surface area contributed by atoms with Crippen molar-refractivity contribution in [2.75, 3.05) is 40.9 Å². The summed E-state index contributed by atoms with van der Waals surface area (Å²) in [7, 11) is 1.14. The molecule has 0 radical (unpaired) electrons. The van der Waals surface area contributed by atoms with Gasteiger partial charge in [-0.3, -0.25) is 14.2 Å². The van der Waals surface area contributed by atoms with Gasteiger partial charge in [0.25, 0.3) is 7.82 Å². The van der Waals surface area contributed by atoms with E-state index in [1.807, 2.05) is 27.2 Å². The van der Waals surface area contributed by atoms with Crippen molar-refractivity contribution in [3.05, 3.63) is 97.2 Å². The molecule has 1 amide bonds. The van der Waals surface area contributed by atoms with Crippen LogP contribution in [0.1, 0.15) is 233 Å². The fourth-order valence-electron chi connectivity index (χ4n) is 7.75. The molecule has 10 heteroatoms. The highest BCUT2D eigenvalue weighted by Gasteiger charge is 2.27. The predicted molar refractivity (Wildman–Crippen MR) is 307 cm³/mol. The van der Waals surface area contributed by atoms with Crippen LogP contribution < -0.4 is 10.2 Å². The van der Waals surface area contributed by atoms with Gasteiger partial charge in [0.15, 0.2) is 0 Å².